The first-order valence-electron chi connectivity index (χ1n) is 6.52. The first kappa shape index (κ1) is 11.5. The van der Waals surface area contributed by atoms with Gasteiger partial charge in [0.05, 0.1) is 0 Å². The molecule has 0 saturated heterocycles. The van der Waals surface area contributed by atoms with E-state index in [0.29, 0.717) is 12.1 Å². The molecule has 2 fully saturated rings. The molecule has 0 bridgehead atoms. The monoisotopic (exact) mass is 247 g/mol. The van der Waals surface area contributed by atoms with Gasteiger partial charge in [-0.2, -0.15) is 0 Å². The quantitative estimate of drug-likeness (QED) is 0.633. The highest BCUT2D eigenvalue weighted by molar-refractivity contribution is 5.81. The summed E-state index contributed by atoms with van der Waals surface area (Å²) >= 11 is 0. The Morgan fingerprint density at radius 3 is 2.72 bits per heavy atom. The highest BCUT2D eigenvalue weighted by atomic mass is 19.1. The van der Waals surface area contributed by atoms with Gasteiger partial charge in [0, 0.05) is 25.0 Å². The predicted octanol–water partition coefficient (Wildman–Crippen LogP) is 2.01. The van der Waals surface area contributed by atoms with Gasteiger partial charge in [-0.15, -0.1) is 0 Å². The zero-order valence-corrected chi connectivity index (χ0v) is 10.5. The molecule has 0 aromatic heterocycles. The van der Waals surface area contributed by atoms with E-state index in [1.165, 1.54) is 18.9 Å². The number of benzene rings is 1. The van der Waals surface area contributed by atoms with Crippen LogP contribution >= 0.6 is 0 Å². The van der Waals surface area contributed by atoms with Crippen LogP contribution in [0.15, 0.2) is 29.3 Å². The number of guanidine groups is 1. The van der Waals surface area contributed by atoms with Gasteiger partial charge in [-0.05, 0) is 30.9 Å². The van der Waals surface area contributed by atoms with Gasteiger partial charge in [-0.25, -0.2) is 4.39 Å². The zero-order chi connectivity index (χ0) is 12.5. The Hall–Kier alpha value is -1.58. The number of aliphatic imine (C=N–C) groups is 1. The third-order valence-corrected chi connectivity index (χ3v) is 3.56. The normalized spacial score (nSPS) is 26.9. The van der Waals surface area contributed by atoms with Crippen molar-refractivity contribution in [3.05, 3.63) is 35.6 Å². The minimum absolute atomic E-state index is 0.100. The summed E-state index contributed by atoms with van der Waals surface area (Å²) in [6, 6.07) is 7.93. The molecule has 2 N–H and O–H groups in total. The number of rotatable bonds is 3. The van der Waals surface area contributed by atoms with E-state index in [0.717, 1.165) is 17.9 Å². The molecule has 1 aromatic carbocycles. The predicted molar refractivity (Wildman–Crippen MR) is 70.2 cm³/mol. The topological polar surface area (TPSA) is 36.4 Å². The van der Waals surface area contributed by atoms with Crippen LogP contribution in [0.2, 0.25) is 0 Å². The van der Waals surface area contributed by atoms with Crippen molar-refractivity contribution in [2.45, 2.75) is 37.3 Å². The molecule has 0 spiro atoms. The molecule has 2 atom stereocenters. The summed E-state index contributed by atoms with van der Waals surface area (Å²) in [6.45, 7) is 0. The standard InChI is InChI=1S/C14H18FN3/c1-16-14(17-9-6-7-9)18-13-8-11(13)10-4-2-3-5-12(10)15/h2-5,9,11,13H,6-8H2,1H3,(H2,16,17,18). The van der Waals surface area contributed by atoms with Gasteiger partial charge in [0.15, 0.2) is 5.96 Å². The van der Waals surface area contributed by atoms with Crippen LogP contribution in [-0.2, 0) is 0 Å². The summed E-state index contributed by atoms with van der Waals surface area (Å²) in [7, 11) is 1.78. The summed E-state index contributed by atoms with van der Waals surface area (Å²) in [6.07, 6.45) is 3.43. The van der Waals surface area contributed by atoms with Crippen molar-refractivity contribution in [3.8, 4) is 0 Å². The minimum atomic E-state index is -0.100. The van der Waals surface area contributed by atoms with Gasteiger partial charge >= 0.3 is 0 Å². The second kappa shape index (κ2) is 4.59. The maximum atomic E-state index is 13.6. The Bertz CT molecular complexity index is 468. The molecule has 0 radical (unpaired) electrons. The molecule has 3 nitrogen and oxygen atoms in total. The van der Waals surface area contributed by atoms with Crippen LogP contribution in [0.5, 0.6) is 0 Å². The average Bonchev–Trinajstić information content (AvgIpc) is 3.26. The van der Waals surface area contributed by atoms with Crippen molar-refractivity contribution >= 4 is 5.96 Å². The van der Waals surface area contributed by atoms with Gasteiger partial charge in [0.2, 0.25) is 0 Å². The van der Waals surface area contributed by atoms with Crippen molar-refractivity contribution in [2.24, 2.45) is 4.99 Å². The molecule has 0 amide bonds. The molecular weight excluding hydrogens is 229 g/mol. The van der Waals surface area contributed by atoms with Crippen molar-refractivity contribution < 1.29 is 4.39 Å². The molecule has 2 aliphatic rings. The maximum absolute atomic E-state index is 13.6. The van der Waals surface area contributed by atoms with E-state index in [-0.39, 0.29) is 11.7 Å². The van der Waals surface area contributed by atoms with E-state index in [9.17, 15) is 4.39 Å². The Labute approximate surface area is 106 Å². The number of halogens is 1. The van der Waals surface area contributed by atoms with E-state index in [1.54, 1.807) is 13.1 Å². The highest BCUT2D eigenvalue weighted by Gasteiger charge is 2.40. The number of nitrogens with zero attached hydrogens (tertiary/aromatic N) is 1. The summed E-state index contributed by atoms with van der Waals surface area (Å²) in [4.78, 5) is 4.20. The number of hydrogen-bond acceptors (Lipinski definition) is 1. The van der Waals surface area contributed by atoms with Crippen molar-refractivity contribution in [1.29, 1.82) is 0 Å². The van der Waals surface area contributed by atoms with Crippen LogP contribution in [0.25, 0.3) is 0 Å². The van der Waals surface area contributed by atoms with Gasteiger partial charge in [0.1, 0.15) is 5.82 Å². The van der Waals surface area contributed by atoms with Crippen molar-refractivity contribution in [3.63, 3.8) is 0 Å². The molecule has 2 unspecified atom stereocenters. The van der Waals surface area contributed by atoms with Crippen LogP contribution in [0, 0.1) is 5.82 Å². The maximum Gasteiger partial charge on any atom is 0.191 e. The van der Waals surface area contributed by atoms with Crippen LogP contribution in [0.1, 0.15) is 30.7 Å². The van der Waals surface area contributed by atoms with Gasteiger partial charge in [0.25, 0.3) is 0 Å². The molecule has 0 heterocycles. The molecule has 0 aliphatic heterocycles. The van der Waals surface area contributed by atoms with Crippen LogP contribution in [0.4, 0.5) is 4.39 Å². The molecule has 1 aromatic rings. The van der Waals surface area contributed by atoms with Gasteiger partial charge in [-0.3, -0.25) is 4.99 Å². The smallest absolute Gasteiger partial charge is 0.191 e. The molecule has 2 aliphatic carbocycles. The fourth-order valence-electron chi connectivity index (χ4n) is 2.24. The third-order valence-electron chi connectivity index (χ3n) is 3.56. The first-order chi connectivity index (χ1) is 8.78. The third kappa shape index (κ3) is 2.47. The molecule has 18 heavy (non-hydrogen) atoms. The van der Waals surface area contributed by atoms with E-state index in [4.69, 9.17) is 0 Å². The van der Waals surface area contributed by atoms with E-state index < -0.39 is 0 Å². The average molecular weight is 247 g/mol. The van der Waals surface area contributed by atoms with Crippen LogP contribution in [-0.4, -0.2) is 25.1 Å². The van der Waals surface area contributed by atoms with E-state index >= 15 is 0 Å². The molecule has 96 valence electrons. The van der Waals surface area contributed by atoms with Crippen LogP contribution < -0.4 is 10.6 Å². The highest BCUT2D eigenvalue weighted by Crippen LogP contribution is 2.41. The molecule has 4 heteroatoms. The van der Waals surface area contributed by atoms with E-state index in [2.05, 4.69) is 15.6 Å². The fraction of sp³-hybridized carbons (Fsp3) is 0.500. The Morgan fingerprint density at radius 1 is 1.28 bits per heavy atom. The van der Waals surface area contributed by atoms with E-state index in [1.807, 2.05) is 12.1 Å². The minimum Gasteiger partial charge on any atom is -0.354 e. The largest absolute Gasteiger partial charge is 0.354 e. The SMILES string of the molecule is CN=C(NC1CC1)NC1CC1c1ccccc1F. The summed E-state index contributed by atoms with van der Waals surface area (Å²) < 4.78 is 13.6. The zero-order valence-electron chi connectivity index (χ0n) is 10.5. The Balaban J connectivity index is 1.59. The molecule has 2 saturated carbocycles. The second-order valence-corrected chi connectivity index (χ2v) is 5.11. The lowest BCUT2D eigenvalue weighted by Crippen LogP contribution is -2.40. The lowest BCUT2D eigenvalue weighted by Gasteiger charge is -2.11. The lowest BCUT2D eigenvalue weighted by atomic mass is 10.1. The fourth-order valence-corrected chi connectivity index (χ4v) is 2.24. The molecular formula is C14H18FN3. The number of nitrogens with one attached hydrogen (secondary N) is 2. The van der Waals surface area contributed by atoms with Crippen molar-refractivity contribution in [1.82, 2.24) is 10.6 Å². The summed E-state index contributed by atoms with van der Waals surface area (Å²) in [5.74, 6) is 1.03. The summed E-state index contributed by atoms with van der Waals surface area (Å²) in [5.41, 5.74) is 0.817. The second-order valence-electron chi connectivity index (χ2n) is 5.11. The first-order valence-corrected chi connectivity index (χ1v) is 6.52. The van der Waals surface area contributed by atoms with Gasteiger partial charge < -0.3 is 10.6 Å². The van der Waals surface area contributed by atoms with Crippen LogP contribution in [0.3, 0.4) is 0 Å². The lowest BCUT2D eigenvalue weighted by molar-refractivity contribution is 0.607. The number of hydrogen-bond donors (Lipinski definition) is 2. The summed E-state index contributed by atoms with van der Waals surface area (Å²) in [5, 5.41) is 6.70. The molecule has 3 rings (SSSR count). The Morgan fingerprint density at radius 2 is 2.06 bits per heavy atom. The Kier molecular flexibility index (Phi) is 2.94. The van der Waals surface area contributed by atoms with Gasteiger partial charge in [-0.1, -0.05) is 18.2 Å². The van der Waals surface area contributed by atoms with Crippen molar-refractivity contribution in [2.75, 3.05) is 7.05 Å².